The Morgan fingerprint density at radius 3 is 2.09 bits per heavy atom. The number of nitrogens with two attached hydrogens (primary N) is 1. The van der Waals surface area contributed by atoms with Crippen LogP contribution in [-0.4, -0.2) is 0 Å². The molecule has 1 nitrogen and oxygen atoms in total. The molecule has 0 bridgehead atoms. The third kappa shape index (κ3) is 3.25. The summed E-state index contributed by atoms with van der Waals surface area (Å²) in [6.45, 7) is 0. The highest BCUT2D eigenvalue weighted by Gasteiger charge is 2.41. The summed E-state index contributed by atoms with van der Waals surface area (Å²) in [6, 6.07) is 1.28. The maximum atomic E-state index is 13.9. The molecule has 0 unspecified atom stereocenters. The molecule has 0 amide bonds. The van der Waals surface area contributed by atoms with E-state index in [1.807, 2.05) is 0 Å². The minimum Gasteiger partial charge on any atom is -0.320 e. The van der Waals surface area contributed by atoms with Gasteiger partial charge in [0, 0.05) is 10.4 Å². The molecule has 1 aromatic carbocycles. The van der Waals surface area contributed by atoms with Gasteiger partial charge in [-0.3, -0.25) is 0 Å². The van der Waals surface area contributed by atoms with E-state index in [1.54, 1.807) is 0 Å². The van der Waals surface area contributed by atoms with E-state index in [2.05, 4.69) is 0 Å². The lowest BCUT2D eigenvalue weighted by Crippen LogP contribution is -2.21. The Kier molecular flexibility index (Phi) is 4.22. The van der Waals surface area contributed by atoms with Crippen molar-refractivity contribution in [3.63, 3.8) is 0 Å². The van der Waals surface area contributed by atoms with Gasteiger partial charge in [-0.15, -0.1) is 11.3 Å². The van der Waals surface area contributed by atoms with Crippen molar-refractivity contribution in [1.82, 2.24) is 0 Å². The Hall–Kier alpha value is -1.61. The van der Waals surface area contributed by atoms with Gasteiger partial charge in [-0.05, 0) is 23.6 Å². The zero-order chi connectivity index (χ0) is 16.7. The van der Waals surface area contributed by atoms with E-state index < -0.39 is 40.9 Å². The summed E-state index contributed by atoms with van der Waals surface area (Å²) >= 11 is 0.982. The maximum absolute atomic E-state index is 13.9. The molecule has 0 spiro atoms. The van der Waals surface area contributed by atoms with E-state index >= 15 is 0 Å². The van der Waals surface area contributed by atoms with Gasteiger partial charge >= 0.3 is 12.4 Å². The first-order chi connectivity index (χ1) is 10.0. The van der Waals surface area contributed by atoms with Gasteiger partial charge in [0.2, 0.25) is 0 Å². The molecule has 0 aliphatic rings. The second-order valence-electron chi connectivity index (χ2n) is 4.41. The standard InChI is InChI=1S/C13H8F7NS/c14-8-5-6(12(15,16)17)4-7(13(18,19)20)10(8)11(21)9-2-1-3-22-9/h1-5,11H,21H2/t11-/m1/s1. The average Bonchev–Trinajstić information content (AvgIpc) is 2.88. The zero-order valence-corrected chi connectivity index (χ0v) is 11.4. The van der Waals surface area contributed by atoms with Crippen LogP contribution in [-0.2, 0) is 12.4 Å². The molecular formula is C13H8F7NS. The molecule has 9 heteroatoms. The summed E-state index contributed by atoms with van der Waals surface area (Å²) < 4.78 is 90.7. The minimum atomic E-state index is -5.16. The molecule has 0 aliphatic heterocycles. The van der Waals surface area contributed by atoms with Crippen molar-refractivity contribution in [3.05, 3.63) is 57.0 Å². The third-order valence-electron chi connectivity index (χ3n) is 2.92. The van der Waals surface area contributed by atoms with E-state index in [0.29, 0.717) is 0 Å². The van der Waals surface area contributed by atoms with Crippen molar-refractivity contribution in [1.29, 1.82) is 0 Å². The molecule has 0 fully saturated rings. The monoisotopic (exact) mass is 343 g/mol. The zero-order valence-electron chi connectivity index (χ0n) is 10.6. The first kappa shape index (κ1) is 16.8. The minimum absolute atomic E-state index is 0.0258. The second kappa shape index (κ2) is 5.54. The quantitative estimate of drug-likeness (QED) is 0.765. The van der Waals surface area contributed by atoms with Crippen LogP contribution in [0.2, 0.25) is 0 Å². The lowest BCUT2D eigenvalue weighted by molar-refractivity contribution is -0.143. The fraction of sp³-hybridized carbons (Fsp3) is 0.231. The van der Waals surface area contributed by atoms with Crippen molar-refractivity contribution < 1.29 is 30.7 Å². The number of rotatable bonds is 2. The molecule has 1 heterocycles. The van der Waals surface area contributed by atoms with Gasteiger partial charge in [0.05, 0.1) is 17.2 Å². The van der Waals surface area contributed by atoms with E-state index in [0.717, 1.165) is 11.3 Å². The van der Waals surface area contributed by atoms with Gasteiger partial charge in [0.1, 0.15) is 5.82 Å². The van der Waals surface area contributed by atoms with Gasteiger partial charge in [-0.25, -0.2) is 4.39 Å². The molecule has 1 aromatic heterocycles. The van der Waals surface area contributed by atoms with Crippen molar-refractivity contribution in [2.45, 2.75) is 18.4 Å². The van der Waals surface area contributed by atoms with Gasteiger partial charge in [-0.1, -0.05) is 6.07 Å². The molecule has 0 saturated heterocycles. The van der Waals surface area contributed by atoms with Gasteiger partial charge in [0.25, 0.3) is 0 Å². The number of thiophene rings is 1. The molecule has 2 aromatic rings. The molecule has 2 N–H and O–H groups in total. The van der Waals surface area contributed by atoms with Crippen LogP contribution >= 0.6 is 11.3 Å². The Morgan fingerprint density at radius 1 is 1.00 bits per heavy atom. The predicted octanol–water partition coefficient (Wildman–Crippen LogP) is 4.97. The van der Waals surface area contributed by atoms with Crippen molar-refractivity contribution in [2.24, 2.45) is 5.73 Å². The Labute approximate surface area is 124 Å². The molecule has 0 aliphatic carbocycles. The number of hydrogen-bond acceptors (Lipinski definition) is 2. The van der Waals surface area contributed by atoms with Crippen LogP contribution in [0.3, 0.4) is 0 Å². The van der Waals surface area contributed by atoms with Crippen molar-refractivity contribution in [3.8, 4) is 0 Å². The Bertz CT molecular complexity index is 658. The van der Waals surface area contributed by atoms with Gasteiger partial charge in [-0.2, -0.15) is 26.3 Å². The summed E-state index contributed by atoms with van der Waals surface area (Å²) in [5.41, 5.74) is 1.18. The number of benzene rings is 1. The highest BCUT2D eigenvalue weighted by atomic mass is 32.1. The third-order valence-corrected chi connectivity index (χ3v) is 3.88. The highest BCUT2D eigenvalue weighted by Crippen LogP contribution is 2.41. The maximum Gasteiger partial charge on any atom is 0.416 e. The first-order valence-electron chi connectivity index (χ1n) is 5.78. The summed E-state index contributed by atoms with van der Waals surface area (Å²) in [5.74, 6) is -1.64. The van der Waals surface area contributed by atoms with Crippen LogP contribution in [0.15, 0.2) is 29.6 Å². The normalized spacial score (nSPS) is 14.2. The molecule has 22 heavy (non-hydrogen) atoms. The van der Waals surface area contributed by atoms with Crippen LogP contribution in [0.25, 0.3) is 0 Å². The molecule has 2 rings (SSSR count). The summed E-state index contributed by atoms with van der Waals surface area (Å²) in [7, 11) is 0. The lowest BCUT2D eigenvalue weighted by atomic mass is 9.96. The van der Waals surface area contributed by atoms with Crippen LogP contribution in [0, 0.1) is 5.82 Å². The van der Waals surface area contributed by atoms with E-state index in [-0.39, 0.29) is 17.0 Å². The van der Waals surface area contributed by atoms with Crippen LogP contribution in [0.1, 0.15) is 27.6 Å². The number of hydrogen-bond donors (Lipinski definition) is 1. The van der Waals surface area contributed by atoms with Crippen LogP contribution in [0.4, 0.5) is 30.7 Å². The topological polar surface area (TPSA) is 26.0 Å². The van der Waals surface area contributed by atoms with E-state index in [1.165, 1.54) is 17.5 Å². The molecule has 0 radical (unpaired) electrons. The molecule has 1 atom stereocenters. The largest absolute Gasteiger partial charge is 0.416 e. The number of alkyl halides is 6. The van der Waals surface area contributed by atoms with Gasteiger partial charge in [0.15, 0.2) is 0 Å². The van der Waals surface area contributed by atoms with Crippen molar-refractivity contribution >= 4 is 11.3 Å². The van der Waals surface area contributed by atoms with Crippen LogP contribution < -0.4 is 5.73 Å². The summed E-state index contributed by atoms with van der Waals surface area (Å²) in [4.78, 5) is 0.212. The van der Waals surface area contributed by atoms with Crippen LogP contribution in [0.5, 0.6) is 0 Å². The summed E-state index contributed by atoms with van der Waals surface area (Å²) in [5, 5.41) is 1.52. The molecule has 0 saturated carbocycles. The van der Waals surface area contributed by atoms with Crippen molar-refractivity contribution in [2.75, 3.05) is 0 Å². The molecular weight excluding hydrogens is 335 g/mol. The van der Waals surface area contributed by atoms with Gasteiger partial charge < -0.3 is 5.73 Å². The Balaban J connectivity index is 2.68. The highest BCUT2D eigenvalue weighted by molar-refractivity contribution is 7.10. The predicted molar refractivity (Wildman–Crippen MR) is 66.8 cm³/mol. The first-order valence-corrected chi connectivity index (χ1v) is 6.66. The fourth-order valence-electron chi connectivity index (χ4n) is 1.94. The SMILES string of the molecule is N[C@H](c1cccs1)c1c(F)cc(C(F)(F)F)cc1C(F)(F)F. The molecule has 120 valence electrons. The summed E-state index contributed by atoms with van der Waals surface area (Å²) in [6.07, 6.45) is -10.3. The number of halogens is 7. The lowest BCUT2D eigenvalue weighted by Gasteiger charge is -2.20. The van der Waals surface area contributed by atoms with E-state index in [4.69, 9.17) is 5.73 Å². The average molecular weight is 343 g/mol. The van der Waals surface area contributed by atoms with E-state index in [9.17, 15) is 30.7 Å². The fourth-order valence-corrected chi connectivity index (χ4v) is 2.68. The second-order valence-corrected chi connectivity index (χ2v) is 5.39. The smallest absolute Gasteiger partial charge is 0.320 e. The Morgan fingerprint density at radius 2 is 1.64 bits per heavy atom.